The first kappa shape index (κ1) is 24.9. The quantitative estimate of drug-likeness (QED) is 0.220. The van der Waals surface area contributed by atoms with Gasteiger partial charge in [-0.1, -0.05) is 25.8 Å². The monoisotopic (exact) mass is 524 g/mol. The third kappa shape index (κ3) is 8.08. The Morgan fingerprint density at radius 2 is 1.86 bits per heavy atom. The summed E-state index contributed by atoms with van der Waals surface area (Å²) in [5.74, 6) is 1.61. The molecule has 1 fully saturated rings. The first-order chi connectivity index (χ1) is 13.1. The Morgan fingerprint density at radius 3 is 2.46 bits per heavy atom. The number of piperazine rings is 1. The molecule has 1 aliphatic heterocycles. The average molecular weight is 524 g/mol. The molecule has 1 aromatic rings. The zero-order valence-electron chi connectivity index (χ0n) is 16.8. The van der Waals surface area contributed by atoms with Crippen LogP contribution in [0.2, 0.25) is 0 Å². The second-order valence-corrected chi connectivity index (χ2v) is 8.61. The topological polar surface area (TPSA) is 89.9 Å². The molecule has 160 valence electrons. The molecule has 1 aliphatic rings. The fourth-order valence-electron chi connectivity index (χ4n) is 2.97. The minimum absolute atomic E-state index is 0. The van der Waals surface area contributed by atoms with Gasteiger partial charge in [-0.25, -0.2) is 13.4 Å². The number of anilines is 1. The molecule has 1 aromatic heterocycles. The Bertz CT molecular complexity index is 679. The van der Waals surface area contributed by atoms with Crippen molar-refractivity contribution in [1.29, 1.82) is 0 Å². The van der Waals surface area contributed by atoms with Crippen molar-refractivity contribution in [3.05, 3.63) is 24.4 Å². The van der Waals surface area contributed by atoms with Gasteiger partial charge < -0.3 is 15.5 Å². The molecule has 0 unspecified atom stereocenters. The highest BCUT2D eigenvalue weighted by Crippen LogP contribution is 2.14. The van der Waals surface area contributed by atoms with E-state index in [2.05, 4.69) is 32.4 Å². The first-order valence-corrected chi connectivity index (χ1v) is 11.3. The van der Waals surface area contributed by atoms with Gasteiger partial charge in [-0.2, -0.15) is 4.31 Å². The van der Waals surface area contributed by atoms with Crippen molar-refractivity contribution in [2.75, 3.05) is 57.0 Å². The summed E-state index contributed by atoms with van der Waals surface area (Å²) < 4.78 is 26.8. The lowest BCUT2D eigenvalue weighted by atomic mass is 10.2. The van der Waals surface area contributed by atoms with Crippen LogP contribution in [0.5, 0.6) is 0 Å². The summed E-state index contributed by atoms with van der Waals surface area (Å²) in [5, 5.41) is 6.30. The predicted octanol–water partition coefficient (Wildman–Crippen LogP) is 1.51. The van der Waals surface area contributed by atoms with E-state index in [-0.39, 0.29) is 29.7 Å². The molecule has 8 nitrogen and oxygen atoms in total. The number of aromatic nitrogens is 1. The average Bonchev–Trinajstić information content (AvgIpc) is 2.70. The number of nitrogens with zero attached hydrogens (tertiary/aromatic N) is 4. The largest absolute Gasteiger partial charge is 0.356 e. The zero-order valence-corrected chi connectivity index (χ0v) is 19.9. The van der Waals surface area contributed by atoms with Gasteiger partial charge >= 0.3 is 0 Å². The molecule has 0 aromatic carbocycles. The van der Waals surface area contributed by atoms with Gasteiger partial charge in [0.2, 0.25) is 10.0 Å². The van der Waals surface area contributed by atoms with Gasteiger partial charge in [-0.15, -0.1) is 24.0 Å². The molecule has 2 N–H and O–H groups in total. The number of guanidine groups is 1. The minimum Gasteiger partial charge on any atom is -0.356 e. The first-order valence-electron chi connectivity index (χ1n) is 9.65. The highest BCUT2D eigenvalue weighted by molar-refractivity contribution is 14.0. The van der Waals surface area contributed by atoms with Gasteiger partial charge in [0.15, 0.2) is 5.96 Å². The fraction of sp³-hybridized carbons (Fsp3) is 0.667. The van der Waals surface area contributed by atoms with Crippen molar-refractivity contribution < 1.29 is 8.42 Å². The van der Waals surface area contributed by atoms with E-state index in [9.17, 15) is 8.42 Å². The van der Waals surface area contributed by atoms with Gasteiger partial charge in [0.05, 0.1) is 5.75 Å². The lowest BCUT2D eigenvalue weighted by molar-refractivity contribution is 0.384. The number of nitrogens with one attached hydrogen (secondary N) is 2. The number of pyridine rings is 1. The summed E-state index contributed by atoms with van der Waals surface area (Å²) in [5.41, 5.74) is 0. The van der Waals surface area contributed by atoms with Crippen molar-refractivity contribution in [2.45, 2.75) is 26.2 Å². The summed E-state index contributed by atoms with van der Waals surface area (Å²) in [6.45, 7) is 5.64. The Morgan fingerprint density at radius 1 is 1.14 bits per heavy atom. The lowest BCUT2D eigenvalue weighted by Crippen LogP contribution is -2.50. The molecule has 0 amide bonds. The van der Waals surface area contributed by atoms with Gasteiger partial charge in [0.25, 0.3) is 0 Å². The maximum atomic E-state index is 12.6. The fourth-order valence-corrected chi connectivity index (χ4v) is 4.30. The van der Waals surface area contributed by atoms with E-state index in [1.54, 1.807) is 17.5 Å². The van der Waals surface area contributed by atoms with Crippen LogP contribution in [0.1, 0.15) is 26.2 Å². The smallest absolute Gasteiger partial charge is 0.215 e. The van der Waals surface area contributed by atoms with Crippen molar-refractivity contribution in [1.82, 2.24) is 19.9 Å². The van der Waals surface area contributed by atoms with Crippen LogP contribution in [0.25, 0.3) is 0 Å². The molecule has 0 radical (unpaired) electrons. The molecule has 0 spiro atoms. The minimum atomic E-state index is -3.28. The van der Waals surface area contributed by atoms with Crippen molar-refractivity contribution >= 4 is 45.8 Å². The van der Waals surface area contributed by atoms with Crippen LogP contribution >= 0.6 is 24.0 Å². The van der Waals surface area contributed by atoms with Crippen LogP contribution in [0.15, 0.2) is 29.4 Å². The number of rotatable bonds is 9. The van der Waals surface area contributed by atoms with Gasteiger partial charge in [0, 0.05) is 52.5 Å². The maximum absolute atomic E-state index is 12.6. The molecular weight excluding hydrogens is 491 g/mol. The number of sulfonamides is 1. The lowest BCUT2D eigenvalue weighted by Gasteiger charge is -2.34. The van der Waals surface area contributed by atoms with E-state index in [1.165, 1.54) is 12.8 Å². The second-order valence-electron chi connectivity index (χ2n) is 6.52. The molecule has 0 atom stereocenters. The number of hydrogen-bond acceptors (Lipinski definition) is 5. The summed E-state index contributed by atoms with van der Waals surface area (Å²) in [7, 11) is -1.59. The summed E-state index contributed by atoms with van der Waals surface area (Å²) in [6.07, 6.45) is 5.17. The number of halogens is 1. The molecule has 0 bridgehead atoms. The molecule has 0 saturated carbocycles. The van der Waals surface area contributed by atoms with Crippen LogP contribution in [-0.4, -0.2) is 75.7 Å². The van der Waals surface area contributed by atoms with Gasteiger partial charge in [0.1, 0.15) is 5.82 Å². The number of hydrogen-bond donors (Lipinski definition) is 2. The standard InChI is InChI=1S/C18H32N6O2S.HI/c1-3-4-6-10-21-18(19-2)22-11-16-27(25,26)24-14-12-23(13-15-24)17-8-5-7-9-20-17;/h5,7-9H,3-4,6,10-16H2,1-2H3,(H2,19,21,22);1H. The second kappa shape index (κ2) is 13.2. The third-order valence-electron chi connectivity index (χ3n) is 4.55. The van der Waals surface area contributed by atoms with E-state index in [0.717, 1.165) is 18.8 Å². The van der Waals surface area contributed by atoms with E-state index in [1.807, 2.05) is 18.2 Å². The van der Waals surface area contributed by atoms with Crippen LogP contribution in [0, 0.1) is 0 Å². The van der Waals surface area contributed by atoms with Crippen molar-refractivity contribution in [3.8, 4) is 0 Å². The molecule has 0 aliphatic carbocycles. The van der Waals surface area contributed by atoms with Gasteiger partial charge in [-0.3, -0.25) is 4.99 Å². The molecular formula is C18H33IN6O2S. The molecule has 1 saturated heterocycles. The van der Waals surface area contributed by atoms with E-state index in [0.29, 0.717) is 38.7 Å². The van der Waals surface area contributed by atoms with Crippen molar-refractivity contribution in [3.63, 3.8) is 0 Å². The molecule has 28 heavy (non-hydrogen) atoms. The summed E-state index contributed by atoms with van der Waals surface area (Å²) >= 11 is 0. The molecule has 2 rings (SSSR count). The summed E-state index contributed by atoms with van der Waals surface area (Å²) in [6, 6.07) is 5.78. The van der Waals surface area contributed by atoms with E-state index >= 15 is 0 Å². The van der Waals surface area contributed by atoms with Crippen LogP contribution < -0.4 is 15.5 Å². The van der Waals surface area contributed by atoms with Crippen LogP contribution in [0.3, 0.4) is 0 Å². The Kier molecular flexibility index (Phi) is 11.7. The maximum Gasteiger partial charge on any atom is 0.215 e. The predicted molar refractivity (Wildman–Crippen MR) is 126 cm³/mol. The Labute approximate surface area is 186 Å². The Balaban J connectivity index is 0.00000392. The number of unbranched alkanes of at least 4 members (excludes halogenated alkanes) is 2. The van der Waals surface area contributed by atoms with Crippen LogP contribution in [0.4, 0.5) is 5.82 Å². The highest BCUT2D eigenvalue weighted by atomic mass is 127. The van der Waals surface area contributed by atoms with Crippen LogP contribution in [-0.2, 0) is 10.0 Å². The molecule has 10 heteroatoms. The molecule has 2 heterocycles. The third-order valence-corrected chi connectivity index (χ3v) is 6.43. The Hall–Kier alpha value is -1.14. The normalized spacial score (nSPS) is 15.8. The number of aliphatic imine (C=N–C) groups is 1. The van der Waals surface area contributed by atoms with E-state index < -0.39 is 10.0 Å². The highest BCUT2D eigenvalue weighted by Gasteiger charge is 2.27. The van der Waals surface area contributed by atoms with Crippen molar-refractivity contribution in [2.24, 2.45) is 4.99 Å². The van der Waals surface area contributed by atoms with E-state index in [4.69, 9.17) is 0 Å². The SMILES string of the molecule is CCCCCNC(=NC)NCCS(=O)(=O)N1CCN(c2ccccn2)CC1.I. The zero-order chi connectivity index (χ0) is 19.5. The van der Waals surface area contributed by atoms with Gasteiger partial charge in [-0.05, 0) is 18.6 Å². The summed E-state index contributed by atoms with van der Waals surface area (Å²) in [4.78, 5) is 10.6.